The predicted molar refractivity (Wildman–Crippen MR) is 74.1 cm³/mol. The first-order chi connectivity index (χ1) is 8.79. The molecule has 0 heterocycles. The first-order valence-corrected chi connectivity index (χ1v) is 7.27. The highest BCUT2D eigenvalue weighted by Gasteiger charge is 2.22. The molecule has 1 nitrogen and oxygen atoms in total. The zero-order chi connectivity index (χ0) is 12.8. The van der Waals surface area contributed by atoms with Gasteiger partial charge < -0.3 is 5.32 Å². The summed E-state index contributed by atoms with van der Waals surface area (Å²) in [5, 5.41) is 3.69. The molecule has 1 N–H and O–H groups in total. The number of hydrogen-bond acceptors (Lipinski definition) is 1. The van der Waals surface area contributed by atoms with Crippen LogP contribution in [0.5, 0.6) is 0 Å². The molecule has 2 atom stereocenters. The van der Waals surface area contributed by atoms with Crippen LogP contribution in [0.4, 0.5) is 4.39 Å². The summed E-state index contributed by atoms with van der Waals surface area (Å²) in [7, 11) is 0. The number of halogens is 1. The Labute approximate surface area is 110 Å². The lowest BCUT2D eigenvalue weighted by molar-refractivity contribution is 0.257. The van der Waals surface area contributed by atoms with Crippen molar-refractivity contribution in [3.8, 4) is 0 Å². The van der Waals surface area contributed by atoms with Gasteiger partial charge in [-0.05, 0) is 49.4 Å². The summed E-state index contributed by atoms with van der Waals surface area (Å²) in [4.78, 5) is 0. The van der Waals surface area contributed by atoms with Gasteiger partial charge in [0.2, 0.25) is 0 Å². The summed E-state index contributed by atoms with van der Waals surface area (Å²) in [5.74, 6) is 0.706. The molecule has 1 aliphatic carbocycles. The lowest BCUT2D eigenvalue weighted by Crippen LogP contribution is -2.39. The Morgan fingerprint density at radius 1 is 1.17 bits per heavy atom. The molecular weight excluding hydrogens is 225 g/mol. The Hall–Kier alpha value is -0.890. The SMILES string of the molecule is CCC1CCCCC1NCCc1ccc(F)cc1. The molecule has 1 fully saturated rings. The second-order valence-corrected chi connectivity index (χ2v) is 5.39. The molecule has 18 heavy (non-hydrogen) atoms. The summed E-state index contributed by atoms with van der Waals surface area (Å²) >= 11 is 0. The van der Waals surface area contributed by atoms with Crippen LogP contribution in [0.25, 0.3) is 0 Å². The van der Waals surface area contributed by atoms with E-state index < -0.39 is 0 Å². The third-order valence-electron chi connectivity index (χ3n) is 4.17. The summed E-state index contributed by atoms with van der Waals surface area (Å²) in [5.41, 5.74) is 1.22. The fourth-order valence-electron chi connectivity index (χ4n) is 3.02. The minimum Gasteiger partial charge on any atom is -0.313 e. The van der Waals surface area contributed by atoms with Crippen molar-refractivity contribution in [2.75, 3.05) is 6.54 Å². The minimum absolute atomic E-state index is 0.148. The third-order valence-corrected chi connectivity index (χ3v) is 4.17. The van der Waals surface area contributed by atoms with Crippen molar-refractivity contribution in [3.63, 3.8) is 0 Å². The van der Waals surface area contributed by atoms with Crippen LogP contribution < -0.4 is 5.32 Å². The van der Waals surface area contributed by atoms with Crippen LogP contribution in [0.3, 0.4) is 0 Å². The van der Waals surface area contributed by atoms with Crippen LogP contribution in [-0.2, 0) is 6.42 Å². The van der Waals surface area contributed by atoms with E-state index in [2.05, 4.69) is 12.2 Å². The molecule has 0 saturated heterocycles. The molecule has 0 aromatic heterocycles. The van der Waals surface area contributed by atoms with Gasteiger partial charge >= 0.3 is 0 Å². The maximum atomic E-state index is 12.8. The summed E-state index contributed by atoms with van der Waals surface area (Å²) in [6, 6.07) is 7.56. The van der Waals surface area contributed by atoms with Gasteiger partial charge in [0.1, 0.15) is 5.82 Å². The van der Waals surface area contributed by atoms with E-state index in [1.807, 2.05) is 12.1 Å². The van der Waals surface area contributed by atoms with Gasteiger partial charge in [0.25, 0.3) is 0 Å². The number of hydrogen-bond donors (Lipinski definition) is 1. The molecule has 1 aromatic carbocycles. The zero-order valence-electron chi connectivity index (χ0n) is 11.3. The van der Waals surface area contributed by atoms with Gasteiger partial charge in [0, 0.05) is 6.04 Å². The molecule has 1 aliphatic rings. The monoisotopic (exact) mass is 249 g/mol. The van der Waals surface area contributed by atoms with E-state index >= 15 is 0 Å². The molecule has 0 bridgehead atoms. The number of rotatable bonds is 5. The Balaban J connectivity index is 1.75. The minimum atomic E-state index is -0.148. The summed E-state index contributed by atoms with van der Waals surface area (Å²) < 4.78 is 12.8. The van der Waals surface area contributed by atoms with Crippen molar-refractivity contribution in [2.24, 2.45) is 5.92 Å². The van der Waals surface area contributed by atoms with Crippen LogP contribution in [0.15, 0.2) is 24.3 Å². The van der Waals surface area contributed by atoms with E-state index in [1.165, 1.54) is 37.7 Å². The van der Waals surface area contributed by atoms with Crippen LogP contribution in [0.1, 0.15) is 44.6 Å². The van der Waals surface area contributed by atoms with E-state index in [-0.39, 0.29) is 5.82 Å². The van der Waals surface area contributed by atoms with Gasteiger partial charge in [0.15, 0.2) is 0 Å². The molecule has 100 valence electrons. The van der Waals surface area contributed by atoms with E-state index in [9.17, 15) is 4.39 Å². The third kappa shape index (κ3) is 3.81. The summed E-state index contributed by atoms with van der Waals surface area (Å²) in [6.07, 6.45) is 7.74. The van der Waals surface area contributed by atoms with Gasteiger partial charge in [-0.1, -0.05) is 38.3 Å². The average Bonchev–Trinajstić information content (AvgIpc) is 2.41. The normalized spacial score (nSPS) is 24.1. The first kappa shape index (κ1) is 13.5. The lowest BCUT2D eigenvalue weighted by Gasteiger charge is -2.31. The van der Waals surface area contributed by atoms with Gasteiger partial charge in [-0.2, -0.15) is 0 Å². The highest BCUT2D eigenvalue weighted by Crippen LogP contribution is 2.26. The van der Waals surface area contributed by atoms with E-state index in [1.54, 1.807) is 12.1 Å². The Kier molecular flexibility index (Phi) is 5.18. The highest BCUT2D eigenvalue weighted by molar-refractivity contribution is 5.16. The molecule has 2 rings (SSSR count). The first-order valence-electron chi connectivity index (χ1n) is 7.27. The zero-order valence-corrected chi connectivity index (χ0v) is 11.3. The summed E-state index contributed by atoms with van der Waals surface area (Å²) in [6.45, 7) is 3.30. The maximum Gasteiger partial charge on any atom is 0.123 e. The van der Waals surface area contributed by atoms with Crippen LogP contribution in [0.2, 0.25) is 0 Å². The molecular formula is C16H24FN. The fourth-order valence-corrected chi connectivity index (χ4v) is 3.02. The second-order valence-electron chi connectivity index (χ2n) is 5.39. The molecule has 0 radical (unpaired) electrons. The van der Waals surface area contributed by atoms with Gasteiger partial charge in [-0.15, -0.1) is 0 Å². The van der Waals surface area contributed by atoms with Crippen LogP contribution in [0, 0.1) is 11.7 Å². The molecule has 0 spiro atoms. The Bertz CT molecular complexity index is 347. The predicted octanol–water partition coefficient (Wildman–Crippen LogP) is 3.93. The van der Waals surface area contributed by atoms with Crippen LogP contribution in [-0.4, -0.2) is 12.6 Å². The molecule has 1 aromatic rings. The quantitative estimate of drug-likeness (QED) is 0.834. The number of benzene rings is 1. The Morgan fingerprint density at radius 2 is 1.89 bits per heavy atom. The average molecular weight is 249 g/mol. The molecule has 2 heteroatoms. The van der Waals surface area contributed by atoms with Crippen molar-refractivity contribution in [1.82, 2.24) is 5.32 Å². The standard InChI is InChI=1S/C16H24FN/c1-2-14-5-3-4-6-16(14)18-12-11-13-7-9-15(17)10-8-13/h7-10,14,16,18H,2-6,11-12H2,1H3. The van der Waals surface area contributed by atoms with Crippen molar-refractivity contribution in [1.29, 1.82) is 0 Å². The van der Waals surface area contributed by atoms with Gasteiger partial charge in [0.05, 0.1) is 0 Å². The largest absolute Gasteiger partial charge is 0.313 e. The van der Waals surface area contributed by atoms with E-state index in [4.69, 9.17) is 0 Å². The topological polar surface area (TPSA) is 12.0 Å². The second kappa shape index (κ2) is 6.89. The molecule has 2 unspecified atom stereocenters. The number of nitrogens with one attached hydrogen (secondary N) is 1. The fraction of sp³-hybridized carbons (Fsp3) is 0.625. The highest BCUT2D eigenvalue weighted by atomic mass is 19.1. The van der Waals surface area contributed by atoms with Crippen molar-refractivity contribution in [2.45, 2.75) is 51.5 Å². The molecule has 0 aliphatic heterocycles. The van der Waals surface area contributed by atoms with Gasteiger partial charge in [-0.25, -0.2) is 4.39 Å². The lowest BCUT2D eigenvalue weighted by atomic mass is 9.83. The van der Waals surface area contributed by atoms with Crippen molar-refractivity contribution < 1.29 is 4.39 Å². The molecule has 1 saturated carbocycles. The van der Waals surface area contributed by atoms with Crippen LogP contribution >= 0.6 is 0 Å². The van der Waals surface area contributed by atoms with Crippen molar-refractivity contribution >= 4 is 0 Å². The van der Waals surface area contributed by atoms with Crippen molar-refractivity contribution in [3.05, 3.63) is 35.6 Å². The van der Waals surface area contributed by atoms with Gasteiger partial charge in [-0.3, -0.25) is 0 Å². The smallest absolute Gasteiger partial charge is 0.123 e. The van der Waals surface area contributed by atoms with E-state index in [0.717, 1.165) is 18.9 Å². The maximum absolute atomic E-state index is 12.8. The molecule has 0 amide bonds. The van der Waals surface area contributed by atoms with E-state index in [0.29, 0.717) is 6.04 Å². The Morgan fingerprint density at radius 3 is 2.61 bits per heavy atom.